The number of hydrogen-bond donors (Lipinski definition) is 3. The van der Waals surface area contributed by atoms with Gasteiger partial charge in [-0.2, -0.15) is 0 Å². The van der Waals surface area contributed by atoms with Crippen molar-refractivity contribution in [2.24, 2.45) is 5.92 Å². The van der Waals surface area contributed by atoms with Crippen LogP contribution in [0.1, 0.15) is 32.6 Å². The highest BCUT2D eigenvalue weighted by Gasteiger charge is 2.09. The summed E-state index contributed by atoms with van der Waals surface area (Å²) in [4.78, 5) is 21.2. The summed E-state index contributed by atoms with van der Waals surface area (Å²) in [7, 11) is 1.57. The van der Waals surface area contributed by atoms with Gasteiger partial charge in [-0.3, -0.25) is 4.79 Å². The zero-order valence-corrected chi connectivity index (χ0v) is 9.38. The van der Waals surface area contributed by atoms with Gasteiger partial charge < -0.3 is 15.7 Å². The lowest BCUT2D eigenvalue weighted by Gasteiger charge is -2.13. The van der Waals surface area contributed by atoms with E-state index in [2.05, 4.69) is 10.6 Å². The summed E-state index contributed by atoms with van der Waals surface area (Å²) in [5.74, 6) is -0.383. The van der Waals surface area contributed by atoms with Crippen LogP contribution in [0.3, 0.4) is 0 Å². The van der Waals surface area contributed by atoms with Gasteiger partial charge in [0.15, 0.2) is 0 Å². The average molecular weight is 216 g/mol. The molecule has 0 aromatic carbocycles. The maximum atomic E-state index is 10.8. The summed E-state index contributed by atoms with van der Waals surface area (Å²) < 4.78 is 0. The van der Waals surface area contributed by atoms with Gasteiger partial charge in [-0.25, -0.2) is 4.79 Å². The van der Waals surface area contributed by atoms with Crippen LogP contribution in [0.15, 0.2) is 0 Å². The molecule has 0 aliphatic rings. The molecule has 1 atom stereocenters. The highest BCUT2D eigenvalue weighted by molar-refractivity contribution is 5.73. The van der Waals surface area contributed by atoms with Crippen molar-refractivity contribution in [2.45, 2.75) is 32.6 Å². The predicted molar refractivity (Wildman–Crippen MR) is 57.7 cm³/mol. The molecule has 0 saturated heterocycles. The van der Waals surface area contributed by atoms with Crippen LogP contribution in [-0.4, -0.2) is 30.7 Å². The molecule has 3 N–H and O–H groups in total. The molecule has 0 aromatic heterocycles. The van der Waals surface area contributed by atoms with Crippen molar-refractivity contribution in [2.75, 3.05) is 13.6 Å². The Balaban J connectivity index is 3.61. The third kappa shape index (κ3) is 7.78. The molecule has 0 fully saturated rings. The number of urea groups is 1. The van der Waals surface area contributed by atoms with Crippen LogP contribution in [-0.2, 0) is 4.79 Å². The van der Waals surface area contributed by atoms with Gasteiger partial charge in [0, 0.05) is 20.0 Å². The van der Waals surface area contributed by atoms with Gasteiger partial charge in [0.05, 0.1) is 0 Å². The molecular formula is C10H20N2O3. The Morgan fingerprint density at radius 3 is 2.47 bits per heavy atom. The molecule has 0 bridgehead atoms. The number of amides is 2. The summed E-state index contributed by atoms with van der Waals surface area (Å²) in [6, 6.07) is -0.192. The Morgan fingerprint density at radius 1 is 1.33 bits per heavy atom. The fraction of sp³-hybridized carbons (Fsp3) is 0.800. The topological polar surface area (TPSA) is 78.4 Å². The molecule has 0 saturated carbocycles. The second-order valence-corrected chi connectivity index (χ2v) is 3.50. The number of carboxylic acid groups (broad SMARTS) is 1. The van der Waals surface area contributed by atoms with Gasteiger partial charge in [-0.1, -0.05) is 13.3 Å². The quantitative estimate of drug-likeness (QED) is 0.598. The van der Waals surface area contributed by atoms with Crippen LogP contribution in [0.4, 0.5) is 4.79 Å². The number of aliphatic carboxylic acids is 1. The van der Waals surface area contributed by atoms with E-state index < -0.39 is 5.97 Å². The fourth-order valence-electron chi connectivity index (χ4n) is 1.36. The molecular weight excluding hydrogens is 196 g/mol. The number of nitrogens with one attached hydrogen (secondary N) is 2. The van der Waals surface area contributed by atoms with E-state index in [1.54, 1.807) is 7.05 Å². The van der Waals surface area contributed by atoms with Crippen LogP contribution in [0.2, 0.25) is 0 Å². The minimum Gasteiger partial charge on any atom is -0.481 e. The van der Waals surface area contributed by atoms with Gasteiger partial charge in [0.2, 0.25) is 0 Å². The largest absolute Gasteiger partial charge is 0.481 e. The molecule has 0 spiro atoms. The normalized spacial score (nSPS) is 11.9. The minimum absolute atomic E-state index is 0.192. The van der Waals surface area contributed by atoms with E-state index >= 15 is 0 Å². The molecule has 0 aromatic rings. The average Bonchev–Trinajstić information content (AvgIpc) is 2.22. The second-order valence-electron chi connectivity index (χ2n) is 3.50. The molecule has 1 unspecified atom stereocenters. The molecule has 0 aliphatic carbocycles. The Kier molecular flexibility index (Phi) is 7.40. The van der Waals surface area contributed by atoms with Crippen LogP contribution < -0.4 is 10.6 Å². The highest BCUT2D eigenvalue weighted by atomic mass is 16.4. The van der Waals surface area contributed by atoms with Crippen molar-refractivity contribution in [3.05, 3.63) is 0 Å². The van der Waals surface area contributed by atoms with Crippen molar-refractivity contribution >= 4 is 12.0 Å². The summed E-state index contributed by atoms with van der Waals surface area (Å²) in [5, 5.41) is 13.7. The van der Waals surface area contributed by atoms with E-state index in [0.717, 1.165) is 12.8 Å². The smallest absolute Gasteiger partial charge is 0.314 e. The molecule has 2 amide bonds. The SMILES string of the molecule is CCC(CCNC(=O)NC)CCC(=O)O. The number of hydrogen-bond acceptors (Lipinski definition) is 2. The minimum atomic E-state index is -0.757. The first-order valence-corrected chi connectivity index (χ1v) is 5.27. The molecule has 0 radical (unpaired) electrons. The molecule has 5 heteroatoms. The number of rotatable bonds is 7. The molecule has 88 valence electrons. The number of carbonyl (C=O) groups excluding carboxylic acids is 1. The van der Waals surface area contributed by atoms with E-state index in [4.69, 9.17) is 5.11 Å². The molecule has 15 heavy (non-hydrogen) atoms. The summed E-state index contributed by atoms with van der Waals surface area (Å²) >= 11 is 0. The lowest BCUT2D eigenvalue weighted by atomic mass is 9.97. The van der Waals surface area contributed by atoms with Gasteiger partial charge >= 0.3 is 12.0 Å². The van der Waals surface area contributed by atoms with Crippen LogP contribution >= 0.6 is 0 Å². The van der Waals surface area contributed by atoms with E-state index in [1.807, 2.05) is 6.92 Å². The van der Waals surface area contributed by atoms with Gasteiger partial charge in [-0.05, 0) is 18.8 Å². The summed E-state index contributed by atoms with van der Waals surface area (Å²) in [5.41, 5.74) is 0. The van der Waals surface area contributed by atoms with Crippen molar-refractivity contribution in [1.29, 1.82) is 0 Å². The highest BCUT2D eigenvalue weighted by Crippen LogP contribution is 2.14. The zero-order valence-electron chi connectivity index (χ0n) is 9.38. The maximum Gasteiger partial charge on any atom is 0.314 e. The van der Waals surface area contributed by atoms with Crippen LogP contribution in [0.25, 0.3) is 0 Å². The summed E-state index contributed by atoms with van der Waals surface area (Å²) in [6.45, 7) is 2.63. The monoisotopic (exact) mass is 216 g/mol. The Bertz CT molecular complexity index is 207. The van der Waals surface area contributed by atoms with E-state index in [0.29, 0.717) is 18.9 Å². The molecule has 5 nitrogen and oxygen atoms in total. The lowest BCUT2D eigenvalue weighted by Crippen LogP contribution is -2.34. The van der Waals surface area contributed by atoms with Crippen molar-refractivity contribution in [3.8, 4) is 0 Å². The summed E-state index contributed by atoms with van der Waals surface area (Å²) in [6.07, 6.45) is 2.67. The third-order valence-corrected chi connectivity index (χ3v) is 2.41. The van der Waals surface area contributed by atoms with Gasteiger partial charge in [0.1, 0.15) is 0 Å². The van der Waals surface area contributed by atoms with Gasteiger partial charge in [-0.15, -0.1) is 0 Å². The Hall–Kier alpha value is -1.26. The van der Waals surface area contributed by atoms with Crippen molar-refractivity contribution in [3.63, 3.8) is 0 Å². The Labute approximate surface area is 90.2 Å². The molecule has 0 heterocycles. The maximum absolute atomic E-state index is 10.8. The van der Waals surface area contributed by atoms with Crippen LogP contribution in [0, 0.1) is 5.92 Å². The first-order chi connectivity index (χ1) is 7.10. The first-order valence-electron chi connectivity index (χ1n) is 5.27. The number of carbonyl (C=O) groups is 2. The van der Waals surface area contributed by atoms with E-state index in [-0.39, 0.29) is 12.5 Å². The van der Waals surface area contributed by atoms with Gasteiger partial charge in [0.25, 0.3) is 0 Å². The molecule has 0 aliphatic heterocycles. The Morgan fingerprint density at radius 2 is 2.00 bits per heavy atom. The standard InChI is InChI=1S/C10H20N2O3/c1-3-8(4-5-9(13)14)6-7-12-10(15)11-2/h8H,3-7H2,1-2H3,(H,13,14)(H2,11,12,15). The van der Waals surface area contributed by atoms with Crippen molar-refractivity contribution < 1.29 is 14.7 Å². The van der Waals surface area contributed by atoms with E-state index in [1.165, 1.54) is 0 Å². The third-order valence-electron chi connectivity index (χ3n) is 2.41. The lowest BCUT2D eigenvalue weighted by molar-refractivity contribution is -0.137. The number of carboxylic acids is 1. The van der Waals surface area contributed by atoms with Crippen molar-refractivity contribution in [1.82, 2.24) is 10.6 Å². The second kappa shape index (κ2) is 8.08. The fourth-order valence-corrected chi connectivity index (χ4v) is 1.36. The van der Waals surface area contributed by atoms with E-state index in [9.17, 15) is 9.59 Å². The predicted octanol–water partition coefficient (Wildman–Crippen LogP) is 1.20. The zero-order chi connectivity index (χ0) is 11.7. The first kappa shape index (κ1) is 13.7. The molecule has 0 rings (SSSR count). The van der Waals surface area contributed by atoms with Crippen LogP contribution in [0.5, 0.6) is 0 Å².